The summed E-state index contributed by atoms with van der Waals surface area (Å²) in [4.78, 5) is 11.0. The molecule has 0 saturated carbocycles. The van der Waals surface area contributed by atoms with Crippen molar-refractivity contribution in [2.45, 2.75) is 0 Å². The summed E-state index contributed by atoms with van der Waals surface area (Å²) in [5.74, 6) is -0.941. The van der Waals surface area contributed by atoms with Gasteiger partial charge in [-0.3, -0.25) is 0 Å². The molecule has 2 nitrogen and oxygen atoms in total. The number of carbonyl (C=O) groups is 1. The van der Waals surface area contributed by atoms with Crippen molar-refractivity contribution in [3.8, 4) is 0 Å². The fourth-order valence-corrected chi connectivity index (χ4v) is 2.57. The Labute approximate surface area is 99.6 Å². The average Bonchev–Trinajstić information content (AvgIpc) is 2.16. The first-order valence-electron chi connectivity index (χ1n) is 4.20. The lowest BCUT2D eigenvalue weighted by molar-refractivity contribution is 0.0699. The van der Waals surface area contributed by atoms with Crippen LogP contribution in [-0.2, 0) is 0 Å². The molecule has 15 heavy (non-hydrogen) atoms. The fraction of sp³-hybridized carbons (Fsp3) is 0. The maximum atomic E-state index is 11.0. The van der Waals surface area contributed by atoms with E-state index in [0.717, 1.165) is 5.39 Å². The van der Waals surface area contributed by atoms with E-state index in [4.69, 9.17) is 16.7 Å². The summed E-state index contributed by atoms with van der Waals surface area (Å²) in [6.45, 7) is 0. The van der Waals surface area contributed by atoms with Crippen molar-refractivity contribution in [2.75, 3.05) is 0 Å². The first-order valence-corrected chi connectivity index (χ1v) is 5.38. The van der Waals surface area contributed by atoms with E-state index in [1.54, 1.807) is 24.3 Å². The van der Waals surface area contributed by atoms with Gasteiger partial charge in [0.2, 0.25) is 0 Å². The number of rotatable bonds is 1. The van der Waals surface area contributed by atoms with Crippen LogP contribution < -0.4 is 0 Å². The highest BCUT2D eigenvalue weighted by Crippen LogP contribution is 2.30. The summed E-state index contributed by atoms with van der Waals surface area (Å²) in [6, 6.07) is 8.54. The topological polar surface area (TPSA) is 37.3 Å². The maximum absolute atomic E-state index is 11.0. The van der Waals surface area contributed by atoms with E-state index >= 15 is 0 Å². The monoisotopic (exact) mass is 284 g/mol. The van der Waals surface area contributed by atoms with Crippen LogP contribution in [0.25, 0.3) is 10.8 Å². The predicted octanol–water partition coefficient (Wildman–Crippen LogP) is 3.95. The SMILES string of the molecule is O=C(O)c1cccc2cc(Cl)cc(Br)c12. The number of hydrogen-bond acceptors (Lipinski definition) is 1. The Bertz CT molecular complexity index is 552. The lowest BCUT2D eigenvalue weighted by atomic mass is 10.0. The number of carboxylic acids is 1. The third-order valence-electron chi connectivity index (χ3n) is 2.12. The second-order valence-electron chi connectivity index (χ2n) is 3.10. The molecule has 1 N–H and O–H groups in total. The Hall–Kier alpha value is -1.06. The molecule has 0 atom stereocenters. The van der Waals surface area contributed by atoms with Gasteiger partial charge in [-0.25, -0.2) is 4.79 Å². The zero-order valence-corrected chi connectivity index (χ0v) is 9.84. The first kappa shape index (κ1) is 10.5. The molecule has 76 valence electrons. The van der Waals surface area contributed by atoms with Crippen LogP contribution in [0.15, 0.2) is 34.8 Å². The molecule has 0 heterocycles. The van der Waals surface area contributed by atoms with Crippen LogP contribution in [0.5, 0.6) is 0 Å². The molecule has 2 rings (SSSR count). The Balaban J connectivity index is 2.91. The second-order valence-corrected chi connectivity index (χ2v) is 4.39. The normalized spacial score (nSPS) is 10.5. The van der Waals surface area contributed by atoms with Gasteiger partial charge in [0.05, 0.1) is 5.56 Å². The van der Waals surface area contributed by atoms with Gasteiger partial charge >= 0.3 is 5.97 Å². The summed E-state index contributed by atoms with van der Waals surface area (Å²) in [7, 11) is 0. The van der Waals surface area contributed by atoms with Crippen molar-refractivity contribution < 1.29 is 9.90 Å². The summed E-state index contributed by atoms with van der Waals surface area (Å²) >= 11 is 9.20. The maximum Gasteiger partial charge on any atom is 0.336 e. The standard InChI is InChI=1S/C11H6BrClO2/c12-9-5-7(13)4-6-2-1-3-8(10(6)9)11(14)15/h1-5H,(H,14,15). The third kappa shape index (κ3) is 1.85. The highest BCUT2D eigenvalue weighted by molar-refractivity contribution is 9.10. The molecule has 0 radical (unpaired) electrons. The molecule has 0 bridgehead atoms. The van der Waals surface area contributed by atoms with Gasteiger partial charge in [-0.15, -0.1) is 0 Å². The van der Waals surface area contributed by atoms with E-state index in [2.05, 4.69) is 15.9 Å². The second kappa shape index (κ2) is 3.83. The molecule has 2 aromatic carbocycles. The van der Waals surface area contributed by atoms with Gasteiger partial charge in [0, 0.05) is 14.9 Å². The van der Waals surface area contributed by atoms with Crippen molar-refractivity contribution in [3.63, 3.8) is 0 Å². The average molecular weight is 286 g/mol. The van der Waals surface area contributed by atoms with Crippen LogP contribution in [0, 0.1) is 0 Å². The Morgan fingerprint density at radius 3 is 2.73 bits per heavy atom. The van der Waals surface area contributed by atoms with Crippen molar-refractivity contribution in [3.05, 3.63) is 45.4 Å². The van der Waals surface area contributed by atoms with Crippen LogP contribution >= 0.6 is 27.5 Å². The van der Waals surface area contributed by atoms with Crippen molar-refractivity contribution in [1.82, 2.24) is 0 Å². The number of carboxylic acid groups (broad SMARTS) is 1. The van der Waals surface area contributed by atoms with Crippen LogP contribution in [0.2, 0.25) is 5.02 Å². The van der Waals surface area contributed by atoms with E-state index in [1.807, 2.05) is 6.07 Å². The first-order chi connectivity index (χ1) is 7.09. The molecule has 0 saturated heterocycles. The molecule has 0 aliphatic heterocycles. The minimum absolute atomic E-state index is 0.274. The fourth-order valence-electron chi connectivity index (χ4n) is 1.52. The molecule has 0 unspecified atom stereocenters. The molecule has 0 fully saturated rings. The Kier molecular flexibility index (Phi) is 2.67. The van der Waals surface area contributed by atoms with Gasteiger partial charge < -0.3 is 5.11 Å². The largest absolute Gasteiger partial charge is 0.478 e. The van der Waals surface area contributed by atoms with Crippen LogP contribution in [0.3, 0.4) is 0 Å². The lowest BCUT2D eigenvalue weighted by Crippen LogP contribution is -1.97. The number of hydrogen-bond donors (Lipinski definition) is 1. The molecule has 0 amide bonds. The van der Waals surface area contributed by atoms with Crippen LogP contribution in [0.1, 0.15) is 10.4 Å². The third-order valence-corrected chi connectivity index (χ3v) is 2.97. The predicted molar refractivity (Wildman–Crippen MR) is 63.6 cm³/mol. The molecule has 2 aromatic rings. The Morgan fingerprint density at radius 2 is 2.07 bits per heavy atom. The lowest BCUT2D eigenvalue weighted by Gasteiger charge is -2.05. The zero-order valence-electron chi connectivity index (χ0n) is 7.50. The van der Waals surface area contributed by atoms with Crippen LogP contribution in [0.4, 0.5) is 0 Å². The highest BCUT2D eigenvalue weighted by atomic mass is 79.9. The van der Waals surface area contributed by atoms with E-state index in [9.17, 15) is 4.79 Å². The van der Waals surface area contributed by atoms with Crippen molar-refractivity contribution in [2.24, 2.45) is 0 Å². The molecular formula is C11H6BrClO2. The van der Waals surface area contributed by atoms with Crippen LogP contribution in [-0.4, -0.2) is 11.1 Å². The molecule has 0 aromatic heterocycles. The number of fused-ring (bicyclic) bond motifs is 1. The molecule has 0 aliphatic carbocycles. The van der Waals surface area contributed by atoms with E-state index in [0.29, 0.717) is 14.9 Å². The number of halogens is 2. The highest BCUT2D eigenvalue weighted by Gasteiger charge is 2.11. The Morgan fingerprint density at radius 1 is 1.33 bits per heavy atom. The van der Waals surface area contributed by atoms with Gasteiger partial charge in [0.25, 0.3) is 0 Å². The molecule has 0 spiro atoms. The zero-order chi connectivity index (χ0) is 11.0. The summed E-state index contributed by atoms with van der Waals surface area (Å²) in [5.41, 5.74) is 0.274. The van der Waals surface area contributed by atoms with Gasteiger partial charge in [-0.1, -0.05) is 39.7 Å². The van der Waals surface area contributed by atoms with Gasteiger partial charge in [-0.05, 0) is 23.6 Å². The molecular weight excluding hydrogens is 279 g/mol. The van der Waals surface area contributed by atoms with Gasteiger partial charge in [0.1, 0.15) is 0 Å². The number of aromatic carboxylic acids is 1. The van der Waals surface area contributed by atoms with Gasteiger partial charge in [-0.2, -0.15) is 0 Å². The van der Waals surface area contributed by atoms with Crippen molar-refractivity contribution >= 4 is 44.3 Å². The quantitative estimate of drug-likeness (QED) is 0.861. The molecule has 4 heteroatoms. The summed E-state index contributed by atoms with van der Waals surface area (Å²) in [6.07, 6.45) is 0. The minimum Gasteiger partial charge on any atom is -0.478 e. The van der Waals surface area contributed by atoms with E-state index < -0.39 is 5.97 Å². The smallest absolute Gasteiger partial charge is 0.336 e. The number of benzene rings is 2. The van der Waals surface area contributed by atoms with E-state index in [-0.39, 0.29) is 5.56 Å². The van der Waals surface area contributed by atoms with E-state index in [1.165, 1.54) is 0 Å². The summed E-state index contributed by atoms with van der Waals surface area (Å²) < 4.78 is 0.697. The molecule has 0 aliphatic rings. The minimum atomic E-state index is -0.941. The van der Waals surface area contributed by atoms with Crippen molar-refractivity contribution in [1.29, 1.82) is 0 Å². The van der Waals surface area contributed by atoms with Gasteiger partial charge in [0.15, 0.2) is 0 Å². The summed E-state index contributed by atoms with van der Waals surface area (Å²) in [5, 5.41) is 11.1.